The number of anilines is 3. The topological polar surface area (TPSA) is 57.7 Å². The molecule has 1 N–H and O–H groups in total. The number of nitrogens with one attached hydrogen (secondary N) is 1. The molecule has 0 saturated carbocycles. The van der Waals surface area contributed by atoms with Gasteiger partial charge >= 0.3 is 0 Å². The molecule has 0 aliphatic carbocycles. The van der Waals surface area contributed by atoms with E-state index in [0.29, 0.717) is 39.1 Å². The fraction of sp³-hybridized carbons (Fsp3) is 0.340. The lowest BCUT2D eigenvalue weighted by molar-refractivity contribution is 0.838. The molecule has 0 radical (unpaired) electrons. The van der Waals surface area contributed by atoms with E-state index >= 15 is 0 Å². The normalized spacial score (nSPS) is 12.3. The molecule has 0 unspecified atom stereocenters. The van der Waals surface area contributed by atoms with Crippen LogP contribution >= 0.6 is 0 Å². The third kappa shape index (κ3) is 7.59. The second kappa shape index (κ2) is 17.2. The highest BCUT2D eigenvalue weighted by molar-refractivity contribution is 6.91. The predicted octanol–water partition coefficient (Wildman–Crippen LogP) is 14.9. The largest absolute Gasteiger partial charge is 0.351 e. The van der Waals surface area contributed by atoms with Crippen molar-refractivity contribution >= 4 is 66.3 Å². The summed E-state index contributed by atoms with van der Waals surface area (Å²) in [4.78, 5) is 22.4. The van der Waals surface area contributed by atoms with Gasteiger partial charge in [-0.05, 0) is 93.9 Å². The lowest BCUT2D eigenvalue weighted by Gasteiger charge is -2.38. The van der Waals surface area contributed by atoms with Crippen LogP contribution < -0.4 is 4.90 Å². The Labute approximate surface area is 360 Å². The Hall–Kier alpha value is -5.48. The van der Waals surface area contributed by atoms with Gasteiger partial charge in [0.2, 0.25) is 0 Å². The minimum atomic E-state index is -2.13. The van der Waals surface area contributed by atoms with E-state index in [1.807, 2.05) is 6.07 Å². The fourth-order valence-corrected chi connectivity index (χ4v) is 20.7. The molecule has 0 amide bonds. The van der Waals surface area contributed by atoms with Crippen molar-refractivity contribution in [2.24, 2.45) is 0 Å². The van der Waals surface area contributed by atoms with Gasteiger partial charge in [0.25, 0.3) is 0 Å². The van der Waals surface area contributed by atoms with Crippen LogP contribution in [0.3, 0.4) is 0 Å². The zero-order valence-electron chi connectivity index (χ0n) is 37.6. The average Bonchev–Trinajstić information content (AvgIpc) is 3.66. The fourth-order valence-electron chi connectivity index (χ4n) is 10.3. The van der Waals surface area contributed by atoms with E-state index in [0.717, 1.165) is 66.9 Å². The molecule has 0 atom stereocenters. The smallest absolute Gasteiger partial charge is 0.160 e. The van der Waals surface area contributed by atoms with Crippen LogP contribution in [-0.4, -0.2) is 36.1 Å². The van der Waals surface area contributed by atoms with Crippen molar-refractivity contribution in [3.63, 3.8) is 0 Å². The van der Waals surface area contributed by atoms with Crippen LogP contribution in [0.1, 0.15) is 94.2 Å². The number of aromatic amines is 1. The summed E-state index contributed by atoms with van der Waals surface area (Å²) in [5.41, 5.74) is 21.9. The Morgan fingerprint density at radius 3 is 1.35 bits per heavy atom. The van der Waals surface area contributed by atoms with Crippen molar-refractivity contribution in [2.45, 2.75) is 116 Å². The highest BCUT2D eigenvalue weighted by Crippen LogP contribution is 2.43. The van der Waals surface area contributed by atoms with Crippen molar-refractivity contribution in [3.05, 3.63) is 120 Å². The molecule has 7 heteroatoms. The molecule has 2 heterocycles. The quantitative estimate of drug-likeness (QED) is 0.0848. The maximum atomic E-state index is 5.43. The first-order valence-corrected chi connectivity index (χ1v) is 26.4. The molecule has 306 valence electrons. The molecule has 5 aromatic carbocycles. The standard InChI is InChI=1S/C53H61N5Si2/c1-35(2)59(36(3)4,37(5)6)33-31-45-49-50(55-48-26-20-19-25-47(48)54-49)46(32-34-60(38(7)8,39(9)10)40(11)12)52-51(45)56-53(57-52)41-27-29-44(30-28-41)58(42-21-15-13-16-22-42)43-23-17-14-18-24-43/h13-30,35-40,54H,1-12H3. The van der Waals surface area contributed by atoms with Gasteiger partial charge in [0.05, 0.1) is 27.7 Å². The maximum absolute atomic E-state index is 5.43. The van der Waals surface area contributed by atoms with Crippen LogP contribution in [0.15, 0.2) is 109 Å². The molecule has 7 aromatic rings. The summed E-state index contributed by atoms with van der Waals surface area (Å²) in [6, 6.07) is 37.9. The molecule has 0 spiro atoms. The van der Waals surface area contributed by atoms with Gasteiger partial charge in [0, 0.05) is 22.6 Å². The van der Waals surface area contributed by atoms with Crippen LogP contribution in [0.2, 0.25) is 33.2 Å². The molecule has 60 heavy (non-hydrogen) atoms. The van der Waals surface area contributed by atoms with Gasteiger partial charge < -0.3 is 9.88 Å². The van der Waals surface area contributed by atoms with Crippen molar-refractivity contribution in [2.75, 3.05) is 4.90 Å². The van der Waals surface area contributed by atoms with E-state index in [1.54, 1.807) is 0 Å². The number of para-hydroxylation sites is 4. The number of H-pyrrole nitrogens is 1. The number of aromatic nitrogens is 4. The van der Waals surface area contributed by atoms with Gasteiger partial charge in [-0.25, -0.2) is 15.0 Å². The first-order chi connectivity index (χ1) is 28.7. The van der Waals surface area contributed by atoms with Gasteiger partial charge in [-0.2, -0.15) is 0 Å². The van der Waals surface area contributed by atoms with Crippen LogP contribution in [0.4, 0.5) is 17.1 Å². The van der Waals surface area contributed by atoms with E-state index in [2.05, 4.69) is 219 Å². The summed E-state index contributed by atoms with van der Waals surface area (Å²) in [6.45, 7) is 28.4. The highest BCUT2D eigenvalue weighted by atomic mass is 28.3. The Balaban J connectivity index is 1.54. The number of imidazole rings is 1. The minimum Gasteiger partial charge on any atom is -0.351 e. The first-order valence-electron chi connectivity index (χ1n) is 21.9. The SMILES string of the molecule is CC(C)[Si](C#Cc1c2nc(-c3ccc(N(c4ccccc4)c4ccccc4)cc3)nc2c(C#C[Si](C(C)C)(C(C)C)C(C)C)c2[nH]c3ccccc3nc12)(C(C)C)C(C)C. The number of hydrogen-bond acceptors (Lipinski definition) is 4. The van der Waals surface area contributed by atoms with Gasteiger partial charge in [0.15, 0.2) is 5.82 Å². The van der Waals surface area contributed by atoms with E-state index in [-0.39, 0.29) is 0 Å². The van der Waals surface area contributed by atoms with Gasteiger partial charge in [-0.15, -0.1) is 11.1 Å². The summed E-state index contributed by atoms with van der Waals surface area (Å²) in [7, 11) is -4.27. The van der Waals surface area contributed by atoms with E-state index in [1.165, 1.54) is 0 Å². The Bertz CT molecular complexity index is 2530. The van der Waals surface area contributed by atoms with Gasteiger partial charge in [-0.1, -0.05) is 143 Å². The van der Waals surface area contributed by atoms with Crippen molar-refractivity contribution in [3.8, 4) is 34.3 Å². The summed E-state index contributed by atoms with van der Waals surface area (Å²) < 4.78 is 0. The summed E-state index contributed by atoms with van der Waals surface area (Å²) >= 11 is 0. The zero-order valence-corrected chi connectivity index (χ0v) is 39.6. The molecule has 7 rings (SSSR count). The number of rotatable bonds is 10. The number of hydrogen-bond donors (Lipinski definition) is 1. The lowest BCUT2D eigenvalue weighted by Crippen LogP contribution is -2.43. The minimum absolute atomic E-state index is 0.476. The van der Waals surface area contributed by atoms with Gasteiger partial charge in [-0.3, -0.25) is 0 Å². The molecule has 2 aromatic heterocycles. The summed E-state index contributed by atoms with van der Waals surface area (Å²) in [6.07, 6.45) is 0. The molecule has 0 fully saturated rings. The average molecular weight is 824 g/mol. The number of nitrogens with zero attached hydrogens (tertiary/aromatic N) is 4. The second-order valence-corrected chi connectivity index (χ2v) is 29.5. The molecular formula is C53H61N5Si2. The third-order valence-electron chi connectivity index (χ3n) is 13.2. The highest BCUT2D eigenvalue weighted by Gasteiger charge is 2.43. The number of fused-ring (bicyclic) bond motifs is 3. The molecule has 0 saturated heterocycles. The van der Waals surface area contributed by atoms with Crippen molar-refractivity contribution in [1.82, 2.24) is 19.9 Å². The van der Waals surface area contributed by atoms with Crippen molar-refractivity contribution < 1.29 is 0 Å². The third-order valence-corrected chi connectivity index (χ3v) is 25.8. The van der Waals surface area contributed by atoms with Crippen LogP contribution in [0.5, 0.6) is 0 Å². The lowest BCUT2D eigenvalue weighted by atomic mass is 10.0. The van der Waals surface area contributed by atoms with Crippen LogP contribution in [-0.2, 0) is 0 Å². The summed E-state index contributed by atoms with van der Waals surface area (Å²) in [5.74, 6) is 8.35. The zero-order chi connectivity index (χ0) is 42.9. The van der Waals surface area contributed by atoms with Crippen LogP contribution in [0, 0.1) is 22.9 Å². The summed E-state index contributed by atoms with van der Waals surface area (Å²) in [5, 5.41) is 0. The number of benzene rings is 5. The van der Waals surface area contributed by atoms with Crippen molar-refractivity contribution in [1.29, 1.82) is 0 Å². The predicted molar refractivity (Wildman–Crippen MR) is 263 cm³/mol. The molecule has 0 bridgehead atoms. The Kier molecular flexibility index (Phi) is 12.3. The Morgan fingerprint density at radius 1 is 0.450 bits per heavy atom. The first kappa shape index (κ1) is 42.6. The second-order valence-electron chi connectivity index (χ2n) is 18.3. The molecule has 0 aliphatic rings. The van der Waals surface area contributed by atoms with Gasteiger partial charge in [0.1, 0.15) is 32.7 Å². The van der Waals surface area contributed by atoms with E-state index in [4.69, 9.17) is 15.0 Å². The maximum Gasteiger partial charge on any atom is 0.160 e. The van der Waals surface area contributed by atoms with E-state index in [9.17, 15) is 0 Å². The molecule has 5 nitrogen and oxygen atoms in total. The Morgan fingerprint density at radius 2 is 0.867 bits per heavy atom. The molecule has 0 aliphatic heterocycles. The van der Waals surface area contributed by atoms with E-state index < -0.39 is 16.1 Å². The van der Waals surface area contributed by atoms with Crippen LogP contribution in [0.25, 0.3) is 44.5 Å². The monoisotopic (exact) mass is 823 g/mol. The molecular weight excluding hydrogens is 763 g/mol.